The predicted octanol–water partition coefficient (Wildman–Crippen LogP) is 3.49. The van der Waals surface area contributed by atoms with Gasteiger partial charge in [-0.1, -0.05) is 44.9 Å². The van der Waals surface area contributed by atoms with Crippen molar-refractivity contribution in [3.8, 4) is 0 Å². The quantitative estimate of drug-likeness (QED) is 0.656. The third-order valence-electron chi connectivity index (χ3n) is 3.56. The summed E-state index contributed by atoms with van der Waals surface area (Å²) in [4.78, 5) is 0. The maximum absolute atomic E-state index is 3.50. The van der Waals surface area contributed by atoms with Crippen LogP contribution in [0, 0.1) is 0 Å². The van der Waals surface area contributed by atoms with E-state index in [-0.39, 0.29) is 0 Å². The lowest BCUT2D eigenvalue weighted by Gasteiger charge is -2.30. The molecular weight excluding hydrogens is 158 g/mol. The smallest absolute Gasteiger partial charge is 0.0150 e. The van der Waals surface area contributed by atoms with Crippen molar-refractivity contribution in [1.82, 2.24) is 5.32 Å². The van der Waals surface area contributed by atoms with E-state index in [4.69, 9.17) is 0 Å². The second kappa shape index (κ2) is 5.64. The van der Waals surface area contributed by atoms with E-state index < -0.39 is 0 Å². The van der Waals surface area contributed by atoms with Gasteiger partial charge in [0.15, 0.2) is 0 Å². The Labute approximate surface area is 83.3 Å². The second-order valence-corrected chi connectivity index (χ2v) is 4.79. The highest BCUT2D eigenvalue weighted by Gasteiger charge is 2.20. The van der Waals surface area contributed by atoms with Crippen LogP contribution in [-0.4, -0.2) is 12.6 Å². The molecular formula is C12H25N. The Bertz CT molecular complexity index is 121. The highest BCUT2D eigenvalue weighted by Crippen LogP contribution is 2.24. The van der Waals surface area contributed by atoms with Crippen LogP contribution in [-0.2, 0) is 0 Å². The molecule has 1 nitrogen and oxygen atoms in total. The molecule has 0 bridgehead atoms. The first-order valence-electron chi connectivity index (χ1n) is 5.96. The molecule has 0 radical (unpaired) electrons. The van der Waals surface area contributed by atoms with Crippen molar-refractivity contribution in [2.24, 2.45) is 0 Å². The van der Waals surface area contributed by atoms with Crippen LogP contribution in [0.15, 0.2) is 0 Å². The number of rotatable bonds is 1. The molecule has 0 saturated heterocycles. The van der Waals surface area contributed by atoms with Gasteiger partial charge in [-0.25, -0.2) is 0 Å². The van der Waals surface area contributed by atoms with E-state index in [0.717, 1.165) is 0 Å². The fourth-order valence-electron chi connectivity index (χ4n) is 2.29. The first-order valence-corrected chi connectivity index (χ1v) is 5.96. The van der Waals surface area contributed by atoms with E-state index in [0.29, 0.717) is 5.54 Å². The van der Waals surface area contributed by atoms with Crippen LogP contribution in [0.5, 0.6) is 0 Å². The van der Waals surface area contributed by atoms with Crippen LogP contribution in [0.25, 0.3) is 0 Å². The maximum atomic E-state index is 3.50. The van der Waals surface area contributed by atoms with Crippen molar-refractivity contribution in [1.29, 1.82) is 0 Å². The van der Waals surface area contributed by atoms with Crippen LogP contribution in [0.3, 0.4) is 0 Å². The lowest BCUT2D eigenvalue weighted by Crippen LogP contribution is -2.39. The SMILES string of the molecule is CNC1(C)CCCCCCCCC1. The van der Waals surface area contributed by atoms with Gasteiger partial charge in [0.1, 0.15) is 0 Å². The van der Waals surface area contributed by atoms with Crippen molar-refractivity contribution < 1.29 is 0 Å². The van der Waals surface area contributed by atoms with Gasteiger partial charge in [0.05, 0.1) is 0 Å². The average Bonchev–Trinajstić information content (AvgIpc) is 2.16. The molecule has 1 heteroatoms. The van der Waals surface area contributed by atoms with Crippen LogP contribution >= 0.6 is 0 Å². The average molecular weight is 183 g/mol. The highest BCUT2D eigenvalue weighted by atomic mass is 14.9. The first kappa shape index (κ1) is 11.0. The Hall–Kier alpha value is -0.0400. The molecule has 1 aliphatic carbocycles. The van der Waals surface area contributed by atoms with Gasteiger partial charge < -0.3 is 5.32 Å². The van der Waals surface area contributed by atoms with E-state index >= 15 is 0 Å². The van der Waals surface area contributed by atoms with E-state index in [2.05, 4.69) is 19.3 Å². The molecule has 0 atom stereocenters. The topological polar surface area (TPSA) is 12.0 Å². The summed E-state index contributed by atoms with van der Waals surface area (Å²) in [7, 11) is 2.12. The van der Waals surface area contributed by atoms with Crippen molar-refractivity contribution in [3.05, 3.63) is 0 Å². The standard InChI is InChI=1S/C12H25N/c1-12(13-2)10-8-6-4-3-5-7-9-11-12/h13H,3-11H2,1-2H3. The summed E-state index contributed by atoms with van der Waals surface area (Å²) in [6, 6.07) is 0. The minimum Gasteiger partial charge on any atom is -0.315 e. The zero-order valence-corrected chi connectivity index (χ0v) is 9.36. The summed E-state index contributed by atoms with van der Waals surface area (Å²) < 4.78 is 0. The summed E-state index contributed by atoms with van der Waals surface area (Å²) >= 11 is 0. The summed E-state index contributed by atoms with van der Waals surface area (Å²) in [6.07, 6.45) is 12.8. The van der Waals surface area contributed by atoms with Gasteiger partial charge in [0.25, 0.3) is 0 Å². The summed E-state index contributed by atoms with van der Waals surface area (Å²) in [6.45, 7) is 2.38. The van der Waals surface area contributed by atoms with Gasteiger partial charge in [-0.3, -0.25) is 0 Å². The third kappa shape index (κ3) is 4.12. The molecule has 0 amide bonds. The molecule has 0 heterocycles. The summed E-state index contributed by atoms with van der Waals surface area (Å²) in [5, 5.41) is 3.50. The molecule has 1 saturated carbocycles. The van der Waals surface area contributed by atoms with Gasteiger partial charge in [-0.15, -0.1) is 0 Å². The molecule has 0 unspecified atom stereocenters. The molecule has 1 rings (SSSR count). The molecule has 1 N–H and O–H groups in total. The fourth-order valence-corrected chi connectivity index (χ4v) is 2.29. The normalized spacial score (nSPS) is 25.4. The molecule has 0 aromatic rings. The zero-order valence-electron chi connectivity index (χ0n) is 9.36. The molecule has 78 valence electrons. The number of hydrogen-bond acceptors (Lipinski definition) is 1. The minimum absolute atomic E-state index is 0.428. The van der Waals surface area contributed by atoms with Crippen LogP contribution in [0.2, 0.25) is 0 Å². The summed E-state index contributed by atoms with van der Waals surface area (Å²) in [5.41, 5.74) is 0.428. The van der Waals surface area contributed by atoms with Crippen LogP contribution in [0.1, 0.15) is 64.7 Å². The molecule has 0 aliphatic heterocycles. The third-order valence-corrected chi connectivity index (χ3v) is 3.56. The van der Waals surface area contributed by atoms with E-state index in [1.807, 2.05) is 0 Å². The largest absolute Gasteiger partial charge is 0.315 e. The lowest BCUT2D eigenvalue weighted by molar-refractivity contribution is 0.300. The van der Waals surface area contributed by atoms with E-state index in [1.54, 1.807) is 0 Å². The Balaban J connectivity index is 2.34. The van der Waals surface area contributed by atoms with Gasteiger partial charge in [-0.2, -0.15) is 0 Å². The van der Waals surface area contributed by atoms with Crippen LogP contribution in [0.4, 0.5) is 0 Å². The van der Waals surface area contributed by atoms with Crippen molar-refractivity contribution in [2.45, 2.75) is 70.3 Å². The van der Waals surface area contributed by atoms with Crippen molar-refractivity contribution >= 4 is 0 Å². The Morgan fingerprint density at radius 2 is 1.15 bits per heavy atom. The Morgan fingerprint density at radius 3 is 1.54 bits per heavy atom. The minimum atomic E-state index is 0.428. The van der Waals surface area contributed by atoms with Gasteiger partial charge >= 0.3 is 0 Å². The van der Waals surface area contributed by atoms with Crippen LogP contribution < -0.4 is 5.32 Å². The maximum Gasteiger partial charge on any atom is 0.0150 e. The molecule has 0 aromatic heterocycles. The molecule has 1 aliphatic rings. The molecule has 13 heavy (non-hydrogen) atoms. The van der Waals surface area contributed by atoms with Gasteiger partial charge in [-0.05, 0) is 26.8 Å². The first-order chi connectivity index (χ1) is 6.27. The van der Waals surface area contributed by atoms with E-state index in [9.17, 15) is 0 Å². The predicted molar refractivity (Wildman–Crippen MR) is 59.0 cm³/mol. The van der Waals surface area contributed by atoms with E-state index in [1.165, 1.54) is 57.8 Å². The molecule has 0 spiro atoms. The number of hydrogen-bond donors (Lipinski definition) is 1. The van der Waals surface area contributed by atoms with Crippen molar-refractivity contribution in [3.63, 3.8) is 0 Å². The second-order valence-electron chi connectivity index (χ2n) is 4.79. The lowest BCUT2D eigenvalue weighted by atomic mass is 9.87. The van der Waals surface area contributed by atoms with Gasteiger partial charge in [0.2, 0.25) is 0 Å². The highest BCUT2D eigenvalue weighted by molar-refractivity contribution is 4.81. The van der Waals surface area contributed by atoms with Crippen molar-refractivity contribution in [2.75, 3.05) is 7.05 Å². The fraction of sp³-hybridized carbons (Fsp3) is 1.00. The zero-order chi connectivity index (χ0) is 9.57. The summed E-state index contributed by atoms with van der Waals surface area (Å²) in [5.74, 6) is 0. The Morgan fingerprint density at radius 1 is 0.769 bits per heavy atom. The molecule has 1 fully saturated rings. The monoisotopic (exact) mass is 183 g/mol. The van der Waals surface area contributed by atoms with Gasteiger partial charge in [0, 0.05) is 5.54 Å². The number of nitrogens with one attached hydrogen (secondary N) is 1. The Kier molecular flexibility index (Phi) is 4.79. The molecule has 0 aromatic carbocycles.